The van der Waals surface area contributed by atoms with Gasteiger partial charge in [-0.1, -0.05) is 33.1 Å². The van der Waals surface area contributed by atoms with Gasteiger partial charge in [0, 0.05) is 34.1 Å². The number of benzene rings is 2. The van der Waals surface area contributed by atoms with Gasteiger partial charge < -0.3 is 5.32 Å². The molecule has 2 aliphatic rings. The molecule has 1 aliphatic heterocycles. The van der Waals surface area contributed by atoms with Crippen LogP contribution in [0.5, 0.6) is 0 Å². The number of carbonyl (C=O) groups is 1. The first kappa shape index (κ1) is 21.5. The Labute approximate surface area is 191 Å². The molecule has 32 heavy (non-hydrogen) atoms. The third kappa shape index (κ3) is 3.83. The summed E-state index contributed by atoms with van der Waals surface area (Å²) >= 11 is 1.68. The second-order valence-electron chi connectivity index (χ2n) is 9.91. The molecule has 0 atom stereocenters. The Balaban J connectivity index is 1.69. The van der Waals surface area contributed by atoms with E-state index < -0.39 is 5.82 Å². The van der Waals surface area contributed by atoms with E-state index in [9.17, 15) is 9.18 Å². The second-order valence-corrected chi connectivity index (χ2v) is 10.8. The minimum atomic E-state index is -0.520. The predicted octanol–water partition coefficient (Wildman–Crippen LogP) is 7.22. The van der Waals surface area contributed by atoms with Gasteiger partial charge in [-0.05, 0) is 72.5 Å². The Bertz CT molecular complexity index is 1190. The van der Waals surface area contributed by atoms with E-state index in [0.29, 0.717) is 12.0 Å². The number of nitrogens with zero attached hydrogens (tertiary/aromatic N) is 1. The summed E-state index contributed by atoms with van der Waals surface area (Å²) in [7, 11) is 0. The zero-order valence-electron chi connectivity index (χ0n) is 18.5. The standard InChI is InChI=1S/C26H28F2N2OS/c1-26(2)13-24-25(19-9-8-17(27)12-23(19)30(24)32-15-26)16-10-21(28)20(14-31)22(11-16)29-18-6-4-3-5-7-18/h8-12,14,18,29H,3-7,13,15H2,1-2H3. The van der Waals surface area contributed by atoms with E-state index in [0.717, 1.165) is 65.6 Å². The summed E-state index contributed by atoms with van der Waals surface area (Å²) in [5.74, 6) is 0.123. The zero-order chi connectivity index (χ0) is 22.5. The molecule has 0 unspecified atom stereocenters. The van der Waals surface area contributed by atoms with Crippen LogP contribution in [0, 0.1) is 17.0 Å². The lowest BCUT2D eigenvalue weighted by Crippen LogP contribution is -2.25. The van der Waals surface area contributed by atoms with Crippen LogP contribution < -0.4 is 5.32 Å². The largest absolute Gasteiger partial charge is 0.382 e. The van der Waals surface area contributed by atoms with Gasteiger partial charge in [0.2, 0.25) is 0 Å². The average molecular weight is 455 g/mol. The van der Waals surface area contributed by atoms with E-state index in [2.05, 4.69) is 23.1 Å². The number of hydrogen-bond acceptors (Lipinski definition) is 3. The number of carbonyl (C=O) groups excluding carboxylic acids is 1. The predicted molar refractivity (Wildman–Crippen MR) is 129 cm³/mol. The van der Waals surface area contributed by atoms with E-state index in [1.807, 2.05) is 6.07 Å². The van der Waals surface area contributed by atoms with Crippen molar-refractivity contribution in [3.63, 3.8) is 0 Å². The van der Waals surface area contributed by atoms with Crippen LogP contribution in [0.3, 0.4) is 0 Å². The van der Waals surface area contributed by atoms with E-state index in [1.165, 1.54) is 18.6 Å². The first-order chi connectivity index (χ1) is 15.4. The molecule has 1 fully saturated rings. The molecule has 3 nitrogen and oxygen atoms in total. The molecule has 0 amide bonds. The van der Waals surface area contributed by atoms with Crippen molar-refractivity contribution >= 4 is 34.8 Å². The second kappa shape index (κ2) is 8.22. The van der Waals surface area contributed by atoms with Gasteiger partial charge in [0.25, 0.3) is 0 Å². The molecule has 0 saturated heterocycles. The third-order valence-electron chi connectivity index (χ3n) is 6.71. The van der Waals surface area contributed by atoms with E-state index in [4.69, 9.17) is 0 Å². The summed E-state index contributed by atoms with van der Waals surface area (Å²) in [4.78, 5) is 11.7. The molecule has 3 aromatic rings. The van der Waals surface area contributed by atoms with Gasteiger partial charge in [-0.2, -0.15) is 0 Å². The third-order valence-corrected chi connectivity index (χ3v) is 8.30. The van der Waals surface area contributed by atoms with E-state index >= 15 is 4.39 Å². The molecule has 1 aliphatic carbocycles. The number of rotatable bonds is 4. The molecule has 0 radical (unpaired) electrons. The first-order valence-electron chi connectivity index (χ1n) is 11.4. The number of nitrogens with one attached hydrogen (secondary N) is 1. The molecule has 2 aromatic carbocycles. The Kier molecular flexibility index (Phi) is 5.52. The highest BCUT2D eigenvalue weighted by Crippen LogP contribution is 2.46. The molecule has 1 saturated carbocycles. The van der Waals surface area contributed by atoms with Crippen molar-refractivity contribution in [3.8, 4) is 11.1 Å². The molecule has 1 aromatic heterocycles. The number of fused-ring (bicyclic) bond motifs is 3. The number of halogens is 2. The van der Waals surface area contributed by atoms with Crippen LogP contribution >= 0.6 is 11.9 Å². The molecule has 5 rings (SSSR count). The van der Waals surface area contributed by atoms with Gasteiger partial charge >= 0.3 is 0 Å². The molecule has 1 N–H and O–H groups in total. The molecule has 0 spiro atoms. The lowest BCUT2D eigenvalue weighted by atomic mass is 9.87. The maximum Gasteiger partial charge on any atom is 0.155 e. The fraction of sp³-hybridized carbons (Fsp3) is 0.423. The van der Waals surface area contributed by atoms with Crippen LogP contribution in [0.25, 0.3) is 22.0 Å². The van der Waals surface area contributed by atoms with E-state index in [-0.39, 0.29) is 22.8 Å². The monoisotopic (exact) mass is 454 g/mol. The zero-order valence-corrected chi connectivity index (χ0v) is 19.3. The van der Waals surface area contributed by atoms with Gasteiger partial charge in [0.05, 0.1) is 11.1 Å². The normalized spacial score (nSPS) is 18.5. The van der Waals surface area contributed by atoms with Crippen molar-refractivity contribution in [2.75, 3.05) is 11.1 Å². The van der Waals surface area contributed by atoms with Crippen molar-refractivity contribution in [3.05, 3.63) is 53.2 Å². The number of hydrogen-bond donors (Lipinski definition) is 1. The minimum Gasteiger partial charge on any atom is -0.382 e. The highest BCUT2D eigenvalue weighted by atomic mass is 32.2. The van der Waals surface area contributed by atoms with Crippen LogP contribution in [-0.4, -0.2) is 22.1 Å². The Morgan fingerprint density at radius 1 is 1.12 bits per heavy atom. The van der Waals surface area contributed by atoms with Crippen molar-refractivity contribution < 1.29 is 13.6 Å². The summed E-state index contributed by atoms with van der Waals surface area (Å²) in [6.07, 6.45) is 6.98. The Morgan fingerprint density at radius 3 is 2.66 bits per heavy atom. The smallest absolute Gasteiger partial charge is 0.155 e. The van der Waals surface area contributed by atoms with Gasteiger partial charge in [0.1, 0.15) is 11.6 Å². The van der Waals surface area contributed by atoms with Crippen LogP contribution in [-0.2, 0) is 6.42 Å². The molecule has 2 heterocycles. The topological polar surface area (TPSA) is 34.0 Å². The Morgan fingerprint density at radius 2 is 1.91 bits per heavy atom. The lowest BCUT2D eigenvalue weighted by molar-refractivity contribution is 0.112. The molecule has 0 bridgehead atoms. The van der Waals surface area contributed by atoms with Gasteiger partial charge in [-0.25, -0.2) is 8.78 Å². The van der Waals surface area contributed by atoms with E-state index in [1.54, 1.807) is 24.1 Å². The van der Waals surface area contributed by atoms with Crippen molar-refractivity contribution in [1.82, 2.24) is 3.97 Å². The van der Waals surface area contributed by atoms with Crippen LogP contribution in [0.2, 0.25) is 0 Å². The molecule has 6 heteroatoms. The van der Waals surface area contributed by atoms with Crippen LogP contribution in [0.15, 0.2) is 30.3 Å². The number of aromatic nitrogens is 1. The number of anilines is 1. The maximum absolute atomic E-state index is 15.2. The lowest BCUT2D eigenvalue weighted by Gasteiger charge is -2.31. The quantitative estimate of drug-likeness (QED) is 0.423. The summed E-state index contributed by atoms with van der Waals surface area (Å²) < 4.78 is 31.4. The van der Waals surface area contributed by atoms with Gasteiger partial charge in [0.15, 0.2) is 6.29 Å². The van der Waals surface area contributed by atoms with Crippen molar-refractivity contribution in [1.29, 1.82) is 0 Å². The SMILES string of the molecule is CC1(C)CSn2c(c(-c3cc(F)c(C=O)c(NC4CCCCC4)c3)c3ccc(F)cc32)C1. The maximum atomic E-state index is 15.2. The van der Waals surface area contributed by atoms with Crippen molar-refractivity contribution in [2.24, 2.45) is 5.41 Å². The minimum absolute atomic E-state index is 0.0762. The Hall–Kier alpha value is -2.34. The summed E-state index contributed by atoms with van der Waals surface area (Å²) in [5.41, 5.74) is 4.27. The molecule has 168 valence electrons. The average Bonchev–Trinajstić information content (AvgIpc) is 3.05. The summed E-state index contributed by atoms with van der Waals surface area (Å²) in [6.45, 7) is 4.44. The highest BCUT2D eigenvalue weighted by Gasteiger charge is 2.32. The summed E-state index contributed by atoms with van der Waals surface area (Å²) in [6, 6.07) is 8.43. The van der Waals surface area contributed by atoms with Crippen molar-refractivity contribution in [2.45, 2.75) is 58.4 Å². The summed E-state index contributed by atoms with van der Waals surface area (Å²) in [5, 5.41) is 4.36. The number of aldehydes is 1. The fourth-order valence-corrected chi connectivity index (χ4v) is 6.31. The fourth-order valence-electron chi connectivity index (χ4n) is 5.13. The highest BCUT2D eigenvalue weighted by molar-refractivity contribution is 7.98. The van der Waals surface area contributed by atoms with Crippen LogP contribution in [0.4, 0.5) is 14.5 Å². The van der Waals surface area contributed by atoms with Gasteiger partial charge in [-0.3, -0.25) is 8.77 Å². The first-order valence-corrected chi connectivity index (χ1v) is 12.3. The van der Waals surface area contributed by atoms with Gasteiger partial charge in [-0.15, -0.1) is 0 Å². The molecular formula is C26H28F2N2OS. The molecular weight excluding hydrogens is 426 g/mol. The van der Waals surface area contributed by atoms with Crippen LogP contribution in [0.1, 0.15) is 62.0 Å².